The Morgan fingerprint density at radius 1 is 1.09 bits per heavy atom. The third-order valence-corrected chi connectivity index (χ3v) is 6.20. The number of benzene rings is 2. The van der Waals surface area contributed by atoms with Crippen LogP contribution in [-0.2, 0) is 9.59 Å². The molecule has 0 unspecified atom stereocenters. The van der Waals surface area contributed by atoms with Crippen LogP contribution in [0.3, 0.4) is 0 Å². The average molecular weight is 497 g/mol. The Bertz CT molecular complexity index is 1180. The van der Waals surface area contributed by atoms with Crippen molar-refractivity contribution in [2.45, 2.75) is 19.8 Å². The van der Waals surface area contributed by atoms with Gasteiger partial charge in [0, 0.05) is 31.5 Å². The maximum atomic E-state index is 12.7. The van der Waals surface area contributed by atoms with E-state index in [1.54, 1.807) is 48.5 Å². The van der Waals surface area contributed by atoms with E-state index in [0.29, 0.717) is 39.9 Å². The molecule has 1 saturated heterocycles. The van der Waals surface area contributed by atoms with Gasteiger partial charge in [0.05, 0.1) is 11.5 Å². The van der Waals surface area contributed by atoms with Crippen LogP contribution in [-0.4, -0.2) is 54.2 Å². The summed E-state index contributed by atoms with van der Waals surface area (Å²) < 4.78 is 16.0. The molecule has 0 radical (unpaired) electrons. The van der Waals surface area contributed by atoms with Crippen LogP contribution in [0.5, 0.6) is 17.2 Å². The van der Waals surface area contributed by atoms with Gasteiger partial charge in [0.15, 0.2) is 17.3 Å². The molecular formula is C25H24N2O7S. The van der Waals surface area contributed by atoms with E-state index < -0.39 is 11.1 Å². The molecule has 1 N–H and O–H groups in total. The Morgan fingerprint density at radius 2 is 1.86 bits per heavy atom. The number of imide groups is 1. The first kappa shape index (κ1) is 24.3. The van der Waals surface area contributed by atoms with Crippen molar-refractivity contribution in [2.75, 3.05) is 26.5 Å². The number of rotatable bonds is 10. The van der Waals surface area contributed by atoms with Gasteiger partial charge in [0.25, 0.3) is 11.1 Å². The highest BCUT2D eigenvalue weighted by molar-refractivity contribution is 8.18. The van der Waals surface area contributed by atoms with E-state index in [1.807, 2.05) is 6.92 Å². The van der Waals surface area contributed by atoms with Gasteiger partial charge in [0.1, 0.15) is 5.75 Å². The predicted octanol–water partition coefficient (Wildman–Crippen LogP) is 3.63. The number of amides is 3. The lowest BCUT2D eigenvalue weighted by atomic mass is 10.1. The fourth-order valence-electron chi connectivity index (χ4n) is 3.52. The summed E-state index contributed by atoms with van der Waals surface area (Å²) in [6.45, 7) is 2.71. The zero-order valence-corrected chi connectivity index (χ0v) is 19.9. The molecule has 0 aromatic heterocycles. The number of nitrogens with one attached hydrogen (secondary N) is 1. The van der Waals surface area contributed by atoms with Gasteiger partial charge in [-0.1, -0.05) is 6.07 Å². The van der Waals surface area contributed by atoms with Crippen molar-refractivity contribution < 1.29 is 33.4 Å². The molecular weight excluding hydrogens is 472 g/mol. The summed E-state index contributed by atoms with van der Waals surface area (Å²) in [7, 11) is 0. The number of hydrogen-bond acceptors (Lipinski definition) is 8. The van der Waals surface area contributed by atoms with Gasteiger partial charge in [-0.3, -0.25) is 24.1 Å². The largest absolute Gasteiger partial charge is 0.494 e. The zero-order valence-electron chi connectivity index (χ0n) is 19.1. The van der Waals surface area contributed by atoms with E-state index in [4.69, 9.17) is 14.2 Å². The summed E-state index contributed by atoms with van der Waals surface area (Å²) in [6.07, 6.45) is 1.69. The molecule has 0 atom stereocenters. The first-order valence-electron chi connectivity index (χ1n) is 11.1. The minimum atomic E-state index is -0.419. The van der Waals surface area contributed by atoms with Gasteiger partial charge in [-0.25, -0.2) is 0 Å². The molecule has 3 amide bonds. The maximum Gasteiger partial charge on any atom is 0.293 e. The Kier molecular flexibility index (Phi) is 7.71. The third kappa shape index (κ3) is 6.02. The Morgan fingerprint density at radius 3 is 2.63 bits per heavy atom. The van der Waals surface area contributed by atoms with Gasteiger partial charge in [-0.2, -0.15) is 0 Å². The van der Waals surface area contributed by atoms with Crippen molar-refractivity contribution in [1.82, 2.24) is 10.2 Å². The van der Waals surface area contributed by atoms with E-state index in [1.165, 1.54) is 0 Å². The van der Waals surface area contributed by atoms with Crippen molar-refractivity contribution in [3.05, 3.63) is 58.5 Å². The fraction of sp³-hybridized carbons (Fsp3) is 0.280. The Hall–Kier alpha value is -3.79. The van der Waals surface area contributed by atoms with E-state index in [2.05, 4.69) is 5.32 Å². The Labute approximate surface area is 206 Å². The molecule has 10 heteroatoms. The highest BCUT2D eigenvalue weighted by Gasteiger charge is 2.34. The second-order valence-corrected chi connectivity index (χ2v) is 8.67. The van der Waals surface area contributed by atoms with Crippen LogP contribution < -0.4 is 19.5 Å². The number of thioether (sulfide) groups is 1. The van der Waals surface area contributed by atoms with Crippen LogP contribution >= 0.6 is 11.8 Å². The number of fused-ring (bicyclic) bond motifs is 1. The van der Waals surface area contributed by atoms with Crippen molar-refractivity contribution in [3.8, 4) is 17.2 Å². The molecule has 35 heavy (non-hydrogen) atoms. The maximum absolute atomic E-state index is 12.7. The lowest BCUT2D eigenvalue weighted by Crippen LogP contribution is -2.37. The van der Waals surface area contributed by atoms with Crippen LogP contribution in [0.1, 0.15) is 35.7 Å². The molecule has 0 spiro atoms. The number of Topliss-reactive ketones (excluding diaryl/α,β-unsaturated/α-hetero) is 1. The quantitative estimate of drug-likeness (QED) is 0.392. The SMILES string of the molecule is CCOc1ccc(C(=O)CCC(=O)NCCN2C(=O)S/C(=C\c3ccc4c(c3)OCO4)C2=O)cc1. The summed E-state index contributed by atoms with van der Waals surface area (Å²) in [4.78, 5) is 50.8. The van der Waals surface area contributed by atoms with Gasteiger partial charge in [0.2, 0.25) is 12.7 Å². The molecule has 2 aromatic carbocycles. The number of carbonyl (C=O) groups is 4. The van der Waals surface area contributed by atoms with Crippen molar-refractivity contribution in [3.63, 3.8) is 0 Å². The third-order valence-electron chi connectivity index (χ3n) is 5.29. The fourth-order valence-corrected chi connectivity index (χ4v) is 4.38. The monoisotopic (exact) mass is 496 g/mol. The van der Waals surface area contributed by atoms with Crippen LogP contribution in [0.2, 0.25) is 0 Å². The topological polar surface area (TPSA) is 111 Å². The lowest BCUT2D eigenvalue weighted by molar-refractivity contribution is -0.124. The summed E-state index contributed by atoms with van der Waals surface area (Å²) in [5.41, 5.74) is 1.22. The summed E-state index contributed by atoms with van der Waals surface area (Å²) in [6, 6.07) is 12.0. The molecule has 0 aliphatic carbocycles. The number of ketones is 1. The second kappa shape index (κ2) is 11.1. The smallest absolute Gasteiger partial charge is 0.293 e. The summed E-state index contributed by atoms with van der Waals surface area (Å²) in [5.74, 6) is 1.00. The van der Waals surface area contributed by atoms with Gasteiger partial charge in [-0.15, -0.1) is 0 Å². The highest BCUT2D eigenvalue weighted by atomic mass is 32.2. The predicted molar refractivity (Wildman–Crippen MR) is 129 cm³/mol. The average Bonchev–Trinajstić information content (AvgIpc) is 3.42. The van der Waals surface area contributed by atoms with Crippen LogP contribution in [0, 0.1) is 0 Å². The molecule has 9 nitrogen and oxygen atoms in total. The summed E-state index contributed by atoms with van der Waals surface area (Å²) >= 11 is 0.845. The molecule has 0 saturated carbocycles. The molecule has 2 aliphatic rings. The van der Waals surface area contributed by atoms with E-state index >= 15 is 0 Å². The number of nitrogens with zero attached hydrogens (tertiary/aromatic N) is 1. The molecule has 4 rings (SSSR count). The minimum absolute atomic E-state index is 0.0119. The van der Waals surface area contributed by atoms with Gasteiger partial charge >= 0.3 is 0 Å². The molecule has 2 aliphatic heterocycles. The van der Waals surface area contributed by atoms with E-state index in [0.717, 1.165) is 16.7 Å². The first-order valence-corrected chi connectivity index (χ1v) is 11.9. The van der Waals surface area contributed by atoms with Crippen LogP contribution in [0.4, 0.5) is 4.79 Å². The first-order chi connectivity index (χ1) is 16.9. The van der Waals surface area contributed by atoms with Crippen LogP contribution in [0.25, 0.3) is 6.08 Å². The number of hydrogen-bond donors (Lipinski definition) is 1. The number of carbonyl (C=O) groups excluding carboxylic acids is 4. The standard InChI is InChI=1S/C25H24N2O7S/c1-2-32-18-6-4-17(5-7-18)19(28)8-10-23(29)26-11-12-27-24(30)22(35-25(27)31)14-16-3-9-20-21(13-16)34-15-33-20/h3-7,9,13-14H,2,8,10-12,15H2,1H3,(H,26,29)/b22-14-. The van der Waals surface area contributed by atoms with Crippen LogP contribution in [0.15, 0.2) is 47.4 Å². The highest BCUT2D eigenvalue weighted by Crippen LogP contribution is 2.36. The summed E-state index contributed by atoms with van der Waals surface area (Å²) in [5, 5.41) is 2.26. The Balaban J connectivity index is 1.23. The number of ether oxygens (including phenoxy) is 3. The molecule has 0 bridgehead atoms. The van der Waals surface area contributed by atoms with Gasteiger partial charge in [-0.05, 0) is 66.7 Å². The zero-order chi connectivity index (χ0) is 24.8. The molecule has 2 heterocycles. The molecule has 2 aromatic rings. The molecule has 182 valence electrons. The van der Waals surface area contributed by atoms with E-state index in [9.17, 15) is 19.2 Å². The van der Waals surface area contributed by atoms with Crippen molar-refractivity contribution in [1.29, 1.82) is 0 Å². The van der Waals surface area contributed by atoms with Gasteiger partial charge < -0.3 is 19.5 Å². The normalized spacial score (nSPS) is 15.6. The lowest BCUT2D eigenvalue weighted by Gasteiger charge is -2.13. The van der Waals surface area contributed by atoms with Crippen molar-refractivity contribution in [2.24, 2.45) is 0 Å². The van der Waals surface area contributed by atoms with Crippen molar-refractivity contribution >= 4 is 40.7 Å². The van der Waals surface area contributed by atoms with E-state index in [-0.39, 0.29) is 44.4 Å². The second-order valence-electron chi connectivity index (χ2n) is 7.68. The minimum Gasteiger partial charge on any atom is -0.494 e. The molecule has 1 fully saturated rings.